The van der Waals surface area contributed by atoms with Gasteiger partial charge in [-0.15, -0.1) is 0 Å². The van der Waals surface area contributed by atoms with Gasteiger partial charge in [0.05, 0.1) is 11.3 Å². The van der Waals surface area contributed by atoms with E-state index >= 15 is 0 Å². The van der Waals surface area contributed by atoms with Gasteiger partial charge in [-0.2, -0.15) is 18.3 Å². The maximum atomic E-state index is 13.0. The van der Waals surface area contributed by atoms with Crippen molar-refractivity contribution in [2.75, 3.05) is 0 Å². The molecule has 0 spiro atoms. The third kappa shape index (κ3) is 3.25. The van der Waals surface area contributed by atoms with Crippen molar-refractivity contribution in [1.29, 1.82) is 0 Å². The molecule has 2 rings (SSSR count). The smallest absolute Gasteiger partial charge is 0.272 e. The first-order chi connectivity index (χ1) is 8.71. The molecule has 0 amide bonds. The molecule has 0 aliphatic heterocycles. The number of aromatic nitrogens is 2. The van der Waals surface area contributed by atoms with Crippen LogP contribution in [-0.4, -0.2) is 15.7 Å². The molecule has 7 heteroatoms. The fourth-order valence-corrected chi connectivity index (χ4v) is 2.51. The van der Waals surface area contributed by atoms with Gasteiger partial charge in [-0.25, -0.2) is 8.78 Å². The molecule has 2 nitrogen and oxygen atoms in total. The van der Waals surface area contributed by atoms with Gasteiger partial charge < -0.3 is 0 Å². The minimum Gasteiger partial charge on any atom is -0.272 e. The molecule has 1 atom stereocenters. The molecule has 1 aromatic heterocycles. The van der Waals surface area contributed by atoms with E-state index in [2.05, 4.69) is 5.10 Å². The molecule has 108 valence electrons. The molecular formula is C12H15F5N2. The highest BCUT2D eigenvalue weighted by molar-refractivity contribution is 5.20. The van der Waals surface area contributed by atoms with Crippen molar-refractivity contribution in [3.8, 4) is 0 Å². The normalized spacial score (nSPS) is 22.9. The summed E-state index contributed by atoms with van der Waals surface area (Å²) in [5, 5.41) is 3.86. The van der Waals surface area contributed by atoms with Gasteiger partial charge in [0.1, 0.15) is 0 Å². The van der Waals surface area contributed by atoms with Gasteiger partial charge in [-0.05, 0) is 18.8 Å². The molecule has 1 saturated carbocycles. The van der Waals surface area contributed by atoms with E-state index in [1.807, 2.05) is 0 Å². The van der Waals surface area contributed by atoms with Gasteiger partial charge in [0, 0.05) is 25.6 Å². The van der Waals surface area contributed by atoms with Crippen molar-refractivity contribution in [2.24, 2.45) is 5.92 Å². The van der Waals surface area contributed by atoms with Crippen LogP contribution in [0.4, 0.5) is 22.0 Å². The highest BCUT2D eigenvalue weighted by atomic mass is 19.4. The third-order valence-corrected chi connectivity index (χ3v) is 3.43. The number of hydrogen-bond acceptors (Lipinski definition) is 1. The Morgan fingerprint density at radius 2 is 2.11 bits per heavy atom. The Balaban J connectivity index is 2.12. The van der Waals surface area contributed by atoms with E-state index in [0.717, 1.165) is 10.9 Å². The maximum Gasteiger partial charge on any atom is 0.419 e. The second-order valence-corrected chi connectivity index (χ2v) is 5.03. The van der Waals surface area contributed by atoms with E-state index in [-0.39, 0.29) is 37.4 Å². The summed E-state index contributed by atoms with van der Waals surface area (Å²) in [4.78, 5) is 0. The molecular weight excluding hydrogens is 267 g/mol. The van der Waals surface area contributed by atoms with Crippen LogP contribution in [0.2, 0.25) is 0 Å². The van der Waals surface area contributed by atoms with Crippen LogP contribution in [0.5, 0.6) is 0 Å². The lowest BCUT2D eigenvalue weighted by atomic mass is 10.1. The molecule has 0 N–H and O–H groups in total. The lowest BCUT2D eigenvalue weighted by molar-refractivity contribution is -0.138. The van der Waals surface area contributed by atoms with Gasteiger partial charge in [0.2, 0.25) is 5.92 Å². The van der Waals surface area contributed by atoms with Crippen LogP contribution in [0, 0.1) is 5.92 Å². The van der Waals surface area contributed by atoms with Crippen molar-refractivity contribution in [3.05, 3.63) is 17.5 Å². The Kier molecular flexibility index (Phi) is 3.57. The Labute approximate surface area is 107 Å². The summed E-state index contributed by atoms with van der Waals surface area (Å²) < 4.78 is 65.4. The summed E-state index contributed by atoms with van der Waals surface area (Å²) in [6.45, 7) is 1.71. The molecule has 1 heterocycles. The zero-order chi connectivity index (χ0) is 14.3. The molecule has 0 radical (unpaired) electrons. The third-order valence-electron chi connectivity index (χ3n) is 3.43. The Morgan fingerprint density at radius 3 is 2.53 bits per heavy atom. The lowest BCUT2D eigenvalue weighted by Gasteiger charge is -2.10. The highest BCUT2D eigenvalue weighted by Crippen LogP contribution is 2.40. The summed E-state index contributed by atoms with van der Waals surface area (Å²) in [5.41, 5.74) is -0.794. The second-order valence-electron chi connectivity index (χ2n) is 5.03. The monoisotopic (exact) mass is 282 g/mol. The van der Waals surface area contributed by atoms with Crippen LogP contribution in [0.1, 0.15) is 37.4 Å². The number of alkyl halides is 5. The summed E-state index contributed by atoms with van der Waals surface area (Å²) in [5.74, 6) is -2.99. The van der Waals surface area contributed by atoms with Crippen molar-refractivity contribution in [3.63, 3.8) is 0 Å². The van der Waals surface area contributed by atoms with Crippen molar-refractivity contribution < 1.29 is 22.0 Å². The zero-order valence-corrected chi connectivity index (χ0v) is 10.5. The van der Waals surface area contributed by atoms with E-state index in [9.17, 15) is 22.0 Å². The molecule has 1 aliphatic carbocycles. The first kappa shape index (κ1) is 14.3. The van der Waals surface area contributed by atoms with Crippen molar-refractivity contribution >= 4 is 0 Å². The molecule has 0 bridgehead atoms. The highest BCUT2D eigenvalue weighted by Gasteiger charge is 2.40. The molecule has 1 aromatic rings. The van der Waals surface area contributed by atoms with Crippen LogP contribution >= 0.6 is 0 Å². The van der Waals surface area contributed by atoms with Crippen molar-refractivity contribution in [1.82, 2.24) is 9.78 Å². The molecule has 19 heavy (non-hydrogen) atoms. The lowest BCUT2D eigenvalue weighted by Crippen LogP contribution is -2.13. The topological polar surface area (TPSA) is 17.8 Å². The number of nitrogens with zero attached hydrogens (tertiary/aromatic N) is 2. The van der Waals surface area contributed by atoms with Gasteiger partial charge in [-0.3, -0.25) is 4.68 Å². The fourth-order valence-electron chi connectivity index (χ4n) is 2.51. The van der Waals surface area contributed by atoms with E-state index in [1.165, 1.54) is 0 Å². The second kappa shape index (κ2) is 4.76. The average Bonchev–Trinajstić information content (AvgIpc) is 2.82. The quantitative estimate of drug-likeness (QED) is 0.769. The molecule has 1 fully saturated rings. The minimum atomic E-state index is -4.44. The molecule has 0 aromatic carbocycles. The Bertz CT molecular complexity index is 449. The number of rotatable bonds is 3. The largest absolute Gasteiger partial charge is 0.419 e. The van der Waals surface area contributed by atoms with Crippen LogP contribution in [0.3, 0.4) is 0 Å². The first-order valence-electron chi connectivity index (χ1n) is 6.22. The van der Waals surface area contributed by atoms with E-state index in [0.29, 0.717) is 6.42 Å². The van der Waals surface area contributed by atoms with E-state index in [4.69, 9.17) is 0 Å². The number of halogens is 5. The standard InChI is InChI=1S/C12H15F5N2/c1-2-10-9(12(15,16)17)7-19(18-10)6-8-3-4-11(13,14)5-8/h7-8H,2-6H2,1H3. The summed E-state index contributed by atoms with van der Waals surface area (Å²) >= 11 is 0. The fraction of sp³-hybridized carbons (Fsp3) is 0.750. The van der Waals surface area contributed by atoms with Crippen LogP contribution < -0.4 is 0 Å². The predicted molar refractivity (Wildman–Crippen MR) is 58.9 cm³/mol. The molecule has 1 unspecified atom stereocenters. The summed E-state index contributed by atoms with van der Waals surface area (Å²) in [6, 6.07) is 0. The predicted octanol–water partition coefficient (Wildman–Crippen LogP) is 3.90. The van der Waals surface area contributed by atoms with Crippen LogP contribution in [0.25, 0.3) is 0 Å². The van der Waals surface area contributed by atoms with Gasteiger partial charge in [-0.1, -0.05) is 6.92 Å². The maximum absolute atomic E-state index is 13.0. The number of aryl methyl sites for hydroxylation is 1. The SMILES string of the molecule is CCc1nn(CC2CCC(F)(F)C2)cc1C(F)(F)F. The Hall–Kier alpha value is -1.14. The zero-order valence-electron chi connectivity index (χ0n) is 10.5. The number of hydrogen-bond donors (Lipinski definition) is 0. The van der Waals surface area contributed by atoms with Crippen molar-refractivity contribution in [2.45, 2.75) is 51.3 Å². The van der Waals surface area contributed by atoms with Gasteiger partial charge >= 0.3 is 6.18 Å². The molecule has 1 aliphatic rings. The first-order valence-corrected chi connectivity index (χ1v) is 6.22. The summed E-state index contributed by atoms with van der Waals surface area (Å²) in [6.07, 6.45) is -3.47. The molecule has 0 saturated heterocycles. The average molecular weight is 282 g/mol. The van der Waals surface area contributed by atoms with Gasteiger partial charge in [0.15, 0.2) is 0 Å². The minimum absolute atomic E-state index is 0.0303. The van der Waals surface area contributed by atoms with Crippen LogP contribution in [0.15, 0.2) is 6.20 Å². The van der Waals surface area contributed by atoms with Crippen LogP contribution in [-0.2, 0) is 19.1 Å². The van der Waals surface area contributed by atoms with E-state index in [1.54, 1.807) is 6.92 Å². The summed E-state index contributed by atoms with van der Waals surface area (Å²) in [7, 11) is 0. The Morgan fingerprint density at radius 1 is 1.42 bits per heavy atom. The van der Waals surface area contributed by atoms with Gasteiger partial charge in [0.25, 0.3) is 0 Å². The van der Waals surface area contributed by atoms with E-state index < -0.39 is 17.7 Å².